The average Bonchev–Trinajstić information content (AvgIpc) is 2.02. The van der Waals surface area contributed by atoms with E-state index in [-0.39, 0.29) is 0 Å². The van der Waals surface area contributed by atoms with Crippen LogP contribution in [0.5, 0.6) is 0 Å². The van der Waals surface area contributed by atoms with Gasteiger partial charge in [0.1, 0.15) is 0 Å². The summed E-state index contributed by atoms with van der Waals surface area (Å²) >= 11 is 0. The lowest BCUT2D eigenvalue weighted by molar-refractivity contribution is 0.535. The van der Waals surface area contributed by atoms with Gasteiger partial charge in [0, 0.05) is 6.04 Å². The minimum atomic E-state index is 0.653. The highest BCUT2D eigenvalue weighted by molar-refractivity contribution is 4.52. The van der Waals surface area contributed by atoms with Gasteiger partial charge in [-0.3, -0.25) is 0 Å². The van der Waals surface area contributed by atoms with Gasteiger partial charge in [0.25, 0.3) is 0 Å². The Hall–Kier alpha value is -0.0400. The van der Waals surface area contributed by atoms with Crippen LogP contribution in [0.3, 0.4) is 0 Å². The first-order chi connectivity index (χ1) is 5.77. The summed E-state index contributed by atoms with van der Waals surface area (Å²) in [6.07, 6.45) is 8.37. The Labute approximate surface area is 77.9 Å². The monoisotopic (exact) mass is 171 g/mol. The second-order valence-electron chi connectivity index (χ2n) is 3.88. The molecular formula is C11H25N. The fraction of sp³-hybridized carbons (Fsp3) is 1.00. The molecule has 1 N–H and O–H groups in total. The summed E-state index contributed by atoms with van der Waals surface area (Å²) in [5, 5.41) is 3.44. The Morgan fingerprint density at radius 1 is 0.917 bits per heavy atom. The van der Waals surface area contributed by atoms with Crippen LogP contribution in [0.2, 0.25) is 0 Å². The van der Waals surface area contributed by atoms with Crippen molar-refractivity contribution in [1.29, 1.82) is 0 Å². The molecule has 0 aromatic carbocycles. The maximum Gasteiger partial charge on any atom is 0.00103 e. The number of hydrogen-bond donors (Lipinski definition) is 1. The van der Waals surface area contributed by atoms with Crippen molar-refractivity contribution in [3.8, 4) is 0 Å². The molecule has 1 nitrogen and oxygen atoms in total. The quantitative estimate of drug-likeness (QED) is 0.552. The van der Waals surface area contributed by atoms with Crippen LogP contribution in [0.4, 0.5) is 0 Å². The zero-order chi connectivity index (χ0) is 9.23. The first kappa shape index (κ1) is 12.0. The Morgan fingerprint density at radius 3 is 2.08 bits per heavy atom. The highest BCUT2D eigenvalue weighted by Gasteiger charge is 1.92. The Morgan fingerprint density at radius 2 is 1.50 bits per heavy atom. The van der Waals surface area contributed by atoms with E-state index in [0.717, 1.165) is 0 Å². The van der Waals surface area contributed by atoms with Gasteiger partial charge in [0.2, 0.25) is 0 Å². The second kappa shape index (κ2) is 9.05. The molecule has 0 radical (unpaired) electrons. The van der Waals surface area contributed by atoms with E-state index < -0.39 is 0 Å². The lowest BCUT2D eigenvalue weighted by Gasteiger charge is -2.06. The molecule has 0 rings (SSSR count). The number of unbranched alkanes of at least 4 members (excludes halogenated alkanes) is 5. The maximum atomic E-state index is 3.44. The molecule has 0 bridgehead atoms. The van der Waals surface area contributed by atoms with E-state index in [1.54, 1.807) is 0 Å². The van der Waals surface area contributed by atoms with Crippen LogP contribution in [0.15, 0.2) is 0 Å². The minimum Gasteiger partial charge on any atom is -0.315 e. The van der Waals surface area contributed by atoms with Gasteiger partial charge in [0.15, 0.2) is 0 Å². The molecule has 0 saturated carbocycles. The molecule has 0 fully saturated rings. The van der Waals surface area contributed by atoms with Crippen molar-refractivity contribution in [3.63, 3.8) is 0 Å². The normalized spacial score (nSPS) is 11.0. The van der Waals surface area contributed by atoms with E-state index in [1.807, 2.05) is 0 Å². The van der Waals surface area contributed by atoms with E-state index in [9.17, 15) is 0 Å². The third-order valence-electron chi connectivity index (χ3n) is 2.08. The third-order valence-corrected chi connectivity index (χ3v) is 2.08. The largest absolute Gasteiger partial charge is 0.315 e. The molecule has 12 heavy (non-hydrogen) atoms. The molecule has 0 amide bonds. The van der Waals surface area contributed by atoms with Crippen LogP contribution >= 0.6 is 0 Å². The summed E-state index contributed by atoms with van der Waals surface area (Å²) in [6, 6.07) is 0.653. The molecule has 0 aliphatic heterocycles. The van der Waals surface area contributed by atoms with E-state index in [4.69, 9.17) is 0 Å². The zero-order valence-electron chi connectivity index (χ0n) is 9.03. The molecule has 0 atom stereocenters. The van der Waals surface area contributed by atoms with Crippen LogP contribution in [0, 0.1) is 0 Å². The molecule has 0 aromatic rings. The second-order valence-corrected chi connectivity index (χ2v) is 3.88. The summed E-state index contributed by atoms with van der Waals surface area (Å²) < 4.78 is 0. The highest BCUT2D eigenvalue weighted by Crippen LogP contribution is 2.03. The summed E-state index contributed by atoms with van der Waals surface area (Å²) in [6.45, 7) is 7.87. The summed E-state index contributed by atoms with van der Waals surface area (Å²) in [5.41, 5.74) is 0. The Bertz CT molecular complexity index is 79.1. The van der Waals surface area contributed by atoms with Crippen molar-refractivity contribution < 1.29 is 0 Å². The van der Waals surface area contributed by atoms with Crippen LogP contribution < -0.4 is 5.32 Å². The minimum absolute atomic E-state index is 0.653. The van der Waals surface area contributed by atoms with Gasteiger partial charge in [-0.2, -0.15) is 0 Å². The molecule has 0 saturated heterocycles. The van der Waals surface area contributed by atoms with Crippen molar-refractivity contribution in [1.82, 2.24) is 5.32 Å². The zero-order valence-corrected chi connectivity index (χ0v) is 9.03. The standard InChI is InChI=1S/C11H25N/c1-4-5-6-7-8-9-10-12-11(2)3/h11-12H,4-10H2,1-3H3. The molecule has 0 heterocycles. The van der Waals surface area contributed by atoms with Crippen molar-refractivity contribution in [2.75, 3.05) is 6.54 Å². The SMILES string of the molecule is CCCCCCCCNC(C)C. The third kappa shape index (κ3) is 9.96. The predicted molar refractivity (Wildman–Crippen MR) is 56.5 cm³/mol. The fourth-order valence-electron chi connectivity index (χ4n) is 1.30. The molecule has 0 aliphatic rings. The van der Waals surface area contributed by atoms with Crippen LogP contribution in [0.25, 0.3) is 0 Å². The number of rotatable bonds is 8. The van der Waals surface area contributed by atoms with Gasteiger partial charge in [-0.25, -0.2) is 0 Å². The summed E-state index contributed by atoms with van der Waals surface area (Å²) in [7, 11) is 0. The van der Waals surface area contributed by atoms with Gasteiger partial charge >= 0.3 is 0 Å². The van der Waals surface area contributed by atoms with Crippen molar-refractivity contribution >= 4 is 0 Å². The van der Waals surface area contributed by atoms with Gasteiger partial charge in [-0.05, 0) is 13.0 Å². The van der Waals surface area contributed by atoms with E-state index in [2.05, 4.69) is 26.1 Å². The van der Waals surface area contributed by atoms with Crippen LogP contribution in [-0.4, -0.2) is 12.6 Å². The summed E-state index contributed by atoms with van der Waals surface area (Å²) in [4.78, 5) is 0. The lowest BCUT2D eigenvalue weighted by atomic mass is 10.1. The van der Waals surface area contributed by atoms with Gasteiger partial charge < -0.3 is 5.32 Å². The van der Waals surface area contributed by atoms with Gasteiger partial charge in [-0.15, -0.1) is 0 Å². The first-order valence-electron chi connectivity index (χ1n) is 5.50. The average molecular weight is 171 g/mol. The highest BCUT2D eigenvalue weighted by atomic mass is 14.9. The van der Waals surface area contributed by atoms with Crippen molar-refractivity contribution in [2.45, 2.75) is 65.3 Å². The molecule has 1 heteroatoms. The molecular weight excluding hydrogens is 146 g/mol. The van der Waals surface area contributed by atoms with Crippen molar-refractivity contribution in [2.24, 2.45) is 0 Å². The van der Waals surface area contributed by atoms with E-state index in [1.165, 1.54) is 45.1 Å². The van der Waals surface area contributed by atoms with Crippen LogP contribution in [0.1, 0.15) is 59.3 Å². The summed E-state index contributed by atoms with van der Waals surface area (Å²) in [5.74, 6) is 0. The van der Waals surface area contributed by atoms with Gasteiger partial charge in [0.05, 0.1) is 0 Å². The van der Waals surface area contributed by atoms with E-state index in [0.29, 0.717) is 6.04 Å². The maximum absolute atomic E-state index is 3.44. The first-order valence-corrected chi connectivity index (χ1v) is 5.50. The molecule has 74 valence electrons. The molecule has 0 aliphatic carbocycles. The lowest BCUT2D eigenvalue weighted by Crippen LogP contribution is -2.23. The Kier molecular flexibility index (Phi) is 9.02. The van der Waals surface area contributed by atoms with E-state index >= 15 is 0 Å². The fourth-order valence-corrected chi connectivity index (χ4v) is 1.30. The van der Waals surface area contributed by atoms with Crippen LogP contribution in [-0.2, 0) is 0 Å². The number of nitrogens with one attached hydrogen (secondary N) is 1. The Balaban J connectivity index is 2.82. The molecule has 0 aromatic heterocycles. The predicted octanol–water partition coefficient (Wildman–Crippen LogP) is 3.34. The molecule has 0 spiro atoms. The van der Waals surface area contributed by atoms with Crippen molar-refractivity contribution in [3.05, 3.63) is 0 Å². The van der Waals surface area contributed by atoms with Gasteiger partial charge in [-0.1, -0.05) is 52.9 Å². The topological polar surface area (TPSA) is 12.0 Å². The molecule has 0 unspecified atom stereocenters. The smallest absolute Gasteiger partial charge is 0.00103 e. The number of hydrogen-bond acceptors (Lipinski definition) is 1.